The fourth-order valence-corrected chi connectivity index (χ4v) is 4.31. The first-order valence-electron chi connectivity index (χ1n) is 9.96. The average molecular weight is 355 g/mol. The Hall–Kier alpha value is -1.61. The third kappa shape index (κ3) is 3.88. The van der Waals surface area contributed by atoms with E-state index >= 15 is 0 Å². The zero-order chi connectivity index (χ0) is 18.9. The number of likely N-dealkylation sites (N-methyl/N-ethyl adjacent to an activating group) is 1. The molecule has 1 aliphatic heterocycles. The van der Waals surface area contributed by atoms with Gasteiger partial charge in [-0.1, -0.05) is 51.1 Å². The second-order valence-corrected chi connectivity index (χ2v) is 9.50. The van der Waals surface area contributed by atoms with Gasteiger partial charge in [0.15, 0.2) is 0 Å². The van der Waals surface area contributed by atoms with Gasteiger partial charge in [-0.05, 0) is 61.9 Å². The molecule has 2 aliphatic rings. The molecule has 3 nitrogen and oxygen atoms in total. The van der Waals surface area contributed by atoms with Gasteiger partial charge >= 0.3 is 0 Å². The maximum absolute atomic E-state index is 12.6. The molecule has 1 spiro atoms. The fourth-order valence-electron chi connectivity index (χ4n) is 4.31. The highest BCUT2D eigenvalue weighted by Crippen LogP contribution is 2.46. The van der Waals surface area contributed by atoms with Crippen LogP contribution < -0.4 is 0 Å². The number of hydrogen-bond acceptors (Lipinski definition) is 2. The quantitative estimate of drug-likeness (QED) is 0.806. The molecule has 0 saturated carbocycles. The van der Waals surface area contributed by atoms with Crippen molar-refractivity contribution < 1.29 is 4.79 Å². The average Bonchev–Trinajstić information content (AvgIpc) is 2.60. The van der Waals surface area contributed by atoms with Crippen LogP contribution in [0.1, 0.15) is 57.6 Å². The molecule has 0 bridgehead atoms. The molecule has 3 rings (SSSR count). The van der Waals surface area contributed by atoms with Crippen LogP contribution in [0.3, 0.4) is 0 Å². The number of nitrogens with zero attached hydrogens (tertiary/aromatic N) is 2. The van der Waals surface area contributed by atoms with Crippen LogP contribution in [0.4, 0.5) is 0 Å². The molecule has 1 saturated heterocycles. The summed E-state index contributed by atoms with van der Waals surface area (Å²) in [5.41, 5.74) is 4.04. The third-order valence-corrected chi connectivity index (χ3v) is 6.11. The van der Waals surface area contributed by atoms with Crippen molar-refractivity contribution >= 4 is 11.5 Å². The zero-order valence-electron chi connectivity index (χ0n) is 17.1. The van der Waals surface area contributed by atoms with Gasteiger partial charge in [-0.2, -0.15) is 0 Å². The largest absolute Gasteiger partial charge is 0.345 e. The Balaban J connectivity index is 1.78. The predicted octanol–water partition coefficient (Wildman–Crippen LogP) is 4.33. The van der Waals surface area contributed by atoms with Crippen molar-refractivity contribution in [2.75, 3.05) is 33.7 Å². The first-order chi connectivity index (χ1) is 12.2. The van der Waals surface area contributed by atoms with E-state index in [1.165, 1.54) is 31.4 Å². The number of carbonyl (C=O) groups excluding carboxylic acids is 1. The van der Waals surface area contributed by atoms with Crippen LogP contribution in [0.2, 0.25) is 0 Å². The van der Waals surface area contributed by atoms with Crippen LogP contribution in [-0.2, 0) is 10.2 Å². The number of likely N-dealkylation sites (tertiary alicyclic amines) is 1. The smallest absolute Gasteiger partial charge is 0.253 e. The molecule has 1 aromatic carbocycles. The first-order valence-corrected chi connectivity index (χ1v) is 9.96. The number of benzene rings is 1. The molecule has 142 valence electrons. The fraction of sp³-hybridized carbons (Fsp3) is 0.609. The second-order valence-electron chi connectivity index (χ2n) is 9.50. The van der Waals surface area contributed by atoms with E-state index in [-0.39, 0.29) is 11.3 Å². The van der Waals surface area contributed by atoms with Crippen molar-refractivity contribution in [1.29, 1.82) is 0 Å². The molecule has 0 unspecified atom stereocenters. The van der Waals surface area contributed by atoms with E-state index in [2.05, 4.69) is 56.0 Å². The van der Waals surface area contributed by atoms with Crippen LogP contribution in [-0.4, -0.2) is 49.4 Å². The first kappa shape index (κ1) is 19.2. The van der Waals surface area contributed by atoms with Gasteiger partial charge in [-0.25, -0.2) is 0 Å². The number of allylic oxidation sites excluding steroid dienone is 1. The summed E-state index contributed by atoms with van der Waals surface area (Å²) in [6.07, 6.45) is 6.82. The number of rotatable bonds is 3. The van der Waals surface area contributed by atoms with Crippen LogP contribution >= 0.6 is 0 Å². The Kier molecular flexibility index (Phi) is 5.30. The minimum atomic E-state index is 0.120. The van der Waals surface area contributed by atoms with Crippen LogP contribution in [0.25, 0.3) is 5.57 Å². The van der Waals surface area contributed by atoms with Crippen molar-refractivity contribution in [2.24, 2.45) is 5.41 Å². The van der Waals surface area contributed by atoms with Gasteiger partial charge in [0.05, 0.1) is 0 Å². The lowest BCUT2D eigenvalue weighted by Crippen LogP contribution is -2.44. The summed E-state index contributed by atoms with van der Waals surface area (Å²) in [4.78, 5) is 16.9. The summed E-state index contributed by atoms with van der Waals surface area (Å²) in [7, 11) is 3.67. The Labute approximate surface area is 159 Å². The molecule has 0 radical (unpaired) electrons. The van der Waals surface area contributed by atoms with Gasteiger partial charge in [-0.3, -0.25) is 4.79 Å². The minimum Gasteiger partial charge on any atom is -0.345 e. The summed E-state index contributed by atoms with van der Waals surface area (Å²) >= 11 is 0. The number of fused-ring (bicyclic) bond motifs is 2. The second kappa shape index (κ2) is 7.19. The van der Waals surface area contributed by atoms with Crippen LogP contribution in [0, 0.1) is 5.41 Å². The molecule has 3 heteroatoms. The molecule has 0 aromatic heterocycles. The molecule has 0 atom stereocenters. The number of piperidine rings is 1. The summed E-state index contributed by atoms with van der Waals surface area (Å²) < 4.78 is 0. The van der Waals surface area contributed by atoms with Crippen molar-refractivity contribution in [1.82, 2.24) is 9.80 Å². The summed E-state index contributed by atoms with van der Waals surface area (Å²) in [6.45, 7) is 10.5. The van der Waals surface area contributed by atoms with E-state index in [0.29, 0.717) is 5.41 Å². The van der Waals surface area contributed by atoms with Crippen molar-refractivity contribution in [2.45, 2.75) is 51.9 Å². The predicted molar refractivity (Wildman–Crippen MR) is 109 cm³/mol. The maximum atomic E-state index is 12.6. The zero-order valence-corrected chi connectivity index (χ0v) is 17.1. The van der Waals surface area contributed by atoms with Gasteiger partial charge < -0.3 is 9.80 Å². The highest BCUT2D eigenvalue weighted by molar-refractivity contribution is 6.20. The molecule has 1 aliphatic carbocycles. The van der Waals surface area contributed by atoms with E-state index in [9.17, 15) is 4.79 Å². The normalized spacial score (nSPS) is 19.8. The minimum absolute atomic E-state index is 0.120. The van der Waals surface area contributed by atoms with Gasteiger partial charge in [0.1, 0.15) is 0 Å². The van der Waals surface area contributed by atoms with E-state index < -0.39 is 0 Å². The number of carbonyl (C=O) groups is 1. The summed E-state index contributed by atoms with van der Waals surface area (Å²) in [6, 6.07) is 8.59. The molecule has 1 heterocycles. The molecule has 26 heavy (non-hydrogen) atoms. The molecule has 0 N–H and O–H groups in total. The Morgan fingerprint density at radius 1 is 1.15 bits per heavy atom. The lowest BCUT2D eigenvalue weighted by molar-refractivity contribution is -0.122. The van der Waals surface area contributed by atoms with E-state index in [4.69, 9.17) is 0 Å². The van der Waals surface area contributed by atoms with E-state index in [1.54, 1.807) is 4.90 Å². The van der Waals surface area contributed by atoms with Crippen molar-refractivity contribution in [3.05, 3.63) is 41.5 Å². The van der Waals surface area contributed by atoms with Gasteiger partial charge in [0, 0.05) is 25.1 Å². The van der Waals surface area contributed by atoms with Crippen LogP contribution in [0.5, 0.6) is 0 Å². The Morgan fingerprint density at radius 3 is 2.42 bits per heavy atom. The SMILES string of the molecule is CN(C)C(=O)C1=CCC2(CCN(CCC(C)(C)C)CC2)c2ccccc21. The highest BCUT2D eigenvalue weighted by Gasteiger charge is 2.40. The molecule has 1 fully saturated rings. The highest BCUT2D eigenvalue weighted by atomic mass is 16.2. The summed E-state index contributed by atoms with van der Waals surface area (Å²) in [5.74, 6) is 0.120. The Bertz CT molecular complexity index is 688. The lowest BCUT2D eigenvalue weighted by atomic mass is 9.65. The molecular weight excluding hydrogens is 320 g/mol. The van der Waals surface area contributed by atoms with Crippen LogP contribution in [0.15, 0.2) is 30.3 Å². The van der Waals surface area contributed by atoms with Gasteiger partial charge in [0.25, 0.3) is 5.91 Å². The van der Waals surface area contributed by atoms with E-state index in [1.807, 2.05) is 14.1 Å². The Morgan fingerprint density at radius 2 is 1.81 bits per heavy atom. The van der Waals surface area contributed by atoms with Gasteiger partial charge in [-0.15, -0.1) is 0 Å². The topological polar surface area (TPSA) is 23.6 Å². The van der Waals surface area contributed by atoms with E-state index in [0.717, 1.165) is 30.6 Å². The molecule has 1 aromatic rings. The van der Waals surface area contributed by atoms with Gasteiger partial charge in [0.2, 0.25) is 0 Å². The monoisotopic (exact) mass is 354 g/mol. The third-order valence-electron chi connectivity index (χ3n) is 6.11. The standard InChI is InChI=1S/C23H34N2O/c1-22(2,3)12-15-25-16-13-23(14-17-25)11-10-19(21(26)24(4)5)18-8-6-7-9-20(18)23/h6-10H,11-17H2,1-5H3. The molecule has 1 amide bonds. The van der Waals surface area contributed by atoms with Crippen molar-refractivity contribution in [3.8, 4) is 0 Å². The maximum Gasteiger partial charge on any atom is 0.253 e. The number of hydrogen-bond donors (Lipinski definition) is 0. The summed E-state index contributed by atoms with van der Waals surface area (Å²) in [5, 5.41) is 0. The van der Waals surface area contributed by atoms with Crippen molar-refractivity contribution in [3.63, 3.8) is 0 Å². The lowest BCUT2D eigenvalue weighted by Gasteiger charge is -2.45. The number of amides is 1. The molecular formula is C23H34N2O.